The van der Waals surface area contributed by atoms with Crippen LogP contribution in [-0.2, 0) is 0 Å². The van der Waals surface area contributed by atoms with Crippen LogP contribution in [0.4, 0.5) is 0 Å². The van der Waals surface area contributed by atoms with E-state index in [2.05, 4.69) is 11.9 Å². The summed E-state index contributed by atoms with van der Waals surface area (Å²) in [5.74, 6) is 1.59. The molecule has 0 aliphatic carbocycles. The maximum absolute atomic E-state index is 5.77. The Labute approximate surface area is 102 Å². The summed E-state index contributed by atoms with van der Waals surface area (Å²) < 4.78 is 10.5. The number of ether oxygens (including phenoxy) is 2. The lowest BCUT2D eigenvalue weighted by molar-refractivity contribution is 0.391. The highest BCUT2D eigenvalue weighted by molar-refractivity contribution is 5.42. The smallest absolute Gasteiger partial charge is 0.123 e. The second-order valence-corrected chi connectivity index (χ2v) is 3.59. The topological polar surface area (TPSA) is 56.5 Å². The third-order valence-electron chi connectivity index (χ3n) is 2.56. The van der Waals surface area contributed by atoms with Crippen molar-refractivity contribution >= 4 is 0 Å². The van der Waals surface area contributed by atoms with Crippen molar-refractivity contribution in [2.45, 2.75) is 6.04 Å². The molecule has 0 aliphatic rings. The van der Waals surface area contributed by atoms with E-state index in [0.717, 1.165) is 17.1 Å². The average molecular weight is 236 g/mol. The monoisotopic (exact) mass is 236 g/mol. The number of nitrogens with two attached hydrogens (primary N) is 1. The van der Waals surface area contributed by atoms with Gasteiger partial charge in [-0.05, 0) is 18.2 Å². The largest absolute Gasteiger partial charge is 0.497 e. The molecule has 0 radical (unpaired) electrons. The molecule has 1 aromatic carbocycles. The van der Waals surface area contributed by atoms with E-state index in [1.807, 2.05) is 18.2 Å². The SMILES string of the molecule is C=CCNC(CN)c1cc(OC)ccc1OC. The molecule has 1 unspecified atom stereocenters. The third-order valence-corrected chi connectivity index (χ3v) is 2.56. The Bertz CT molecular complexity index is 366. The van der Waals surface area contributed by atoms with E-state index in [0.29, 0.717) is 13.1 Å². The standard InChI is InChI=1S/C13H20N2O2/c1-4-7-15-12(9-14)11-8-10(16-2)5-6-13(11)17-3/h4-6,8,12,15H,1,7,9,14H2,2-3H3. The summed E-state index contributed by atoms with van der Waals surface area (Å²) in [6.45, 7) is 4.86. The van der Waals surface area contributed by atoms with Crippen molar-refractivity contribution in [3.05, 3.63) is 36.4 Å². The van der Waals surface area contributed by atoms with Gasteiger partial charge in [0.05, 0.1) is 14.2 Å². The first-order valence-corrected chi connectivity index (χ1v) is 5.53. The predicted octanol–water partition coefficient (Wildman–Crippen LogP) is 1.48. The Morgan fingerprint density at radius 1 is 1.41 bits per heavy atom. The molecule has 0 fully saturated rings. The van der Waals surface area contributed by atoms with Crippen LogP contribution in [0.3, 0.4) is 0 Å². The fraction of sp³-hybridized carbons (Fsp3) is 0.385. The molecule has 0 bridgehead atoms. The minimum Gasteiger partial charge on any atom is -0.497 e. The summed E-state index contributed by atoms with van der Waals surface area (Å²) in [6, 6.07) is 5.71. The summed E-state index contributed by atoms with van der Waals surface area (Å²) >= 11 is 0. The highest BCUT2D eigenvalue weighted by atomic mass is 16.5. The first-order chi connectivity index (χ1) is 8.26. The van der Waals surface area contributed by atoms with E-state index in [1.165, 1.54) is 0 Å². The highest BCUT2D eigenvalue weighted by Crippen LogP contribution is 2.28. The first-order valence-electron chi connectivity index (χ1n) is 5.53. The van der Waals surface area contributed by atoms with Gasteiger partial charge in [0.1, 0.15) is 11.5 Å². The molecule has 4 nitrogen and oxygen atoms in total. The highest BCUT2D eigenvalue weighted by Gasteiger charge is 2.14. The zero-order valence-corrected chi connectivity index (χ0v) is 10.4. The quantitative estimate of drug-likeness (QED) is 0.704. The molecule has 0 aromatic heterocycles. The Balaban J connectivity index is 3.01. The van der Waals surface area contributed by atoms with Gasteiger partial charge in [-0.3, -0.25) is 0 Å². The molecule has 17 heavy (non-hydrogen) atoms. The van der Waals surface area contributed by atoms with Crippen molar-refractivity contribution in [1.29, 1.82) is 0 Å². The van der Waals surface area contributed by atoms with Crippen molar-refractivity contribution in [3.63, 3.8) is 0 Å². The van der Waals surface area contributed by atoms with Gasteiger partial charge < -0.3 is 20.5 Å². The van der Waals surface area contributed by atoms with Crippen LogP contribution in [-0.4, -0.2) is 27.3 Å². The zero-order chi connectivity index (χ0) is 12.7. The molecular formula is C13H20N2O2. The third kappa shape index (κ3) is 3.47. The summed E-state index contributed by atoms with van der Waals surface area (Å²) in [5, 5.41) is 3.28. The molecule has 1 rings (SSSR count). The van der Waals surface area contributed by atoms with Crippen LogP contribution >= 0.6 is 0 Å². The molecule has 0 spiro atoms. The number of methoxy groups -OCH3 is 2. The number of rotatable bonds is 7. The van der Waals surface area contributed by atoms with E-state index in [9.17, 15) is 0 Å². The molecule has 0 saturated heterocycles. The predicted molar refractivity (Wildman–Crippen MR) is 69.5 cm³/mol. The number of hydrogen-bond acceptors (Lipinski definition) is 4. The van der Waals surface area contributed by atoms with Crippen molar-refractivity contribution in [2.24, 2.45) is 5.73 Å². The fourth-order valence-corrected chi connectivity index (χ4v) is 1.66. The van der Waals surface area contributed by atoms with E-state index in [1.54, 1.807) is 20.3 Å². The van der Waals surface area contributed by atoms with Crippen molar-refractivity contribution in [3.8, 4) is 11.5 Å². The molecule has 94 valence electrons. The van der Waals surface area contributed by atoms with Gasteiger partial charge in [-0.15, -0.1) is 6.58 Å². The van der Waals surface area contributed by atoms with Crippen molar-refractivity contribution < 1.29 is 9.47 Å². The molecule has 1 atom stereocenters. The molecule has 1 aromatic rings. The summed E-state index contributed by atoms with van der Waals surface area (Å²) in [6.07, 6.45) is 1.80. The first kappa shape index (κ1) is 13.5. The van der Waals surface area contributed by atoms with Crippen LogP contribution in [0.15, 0.2) is 30.9 Å². The Kier molecular flexibility index (Phi) is 5.52. The molecule has 0 amide bonds. The van der Waals surface area contributed by atoms with Gasteiger partial charge in [0, 0.05) is 24.7 Å². The average Bonchev–Trinajstić information content (AvgIpc) is 2.39. The fourth-order valence-electron chi connectivity index (χ4n) is 1.66. The van der Waals surface area contributed by atoms with Crippen LogP contribution in [0.2, 0.25) is 0 Å². The lowest BCUT2D eigenvalue weighted by atomic mass is 10.1. The molecule has 0 aliphatic heterocycles. The van der Waals surface area contributed by atoms with Crippen LogP contribution in [0, 0.1) is 0 Å². The summed E-state index contributed by atoms with van der Waals surface area (Å²) in [4.78, 5) is 0. The number of nitrogens with one attached hydrogen (secondary N) is 1. The van der Waals surface area contributed by atoms with Crippen LogP contribution < -0.4 is 20.5 Å². The van der Waals surface area contributed by atoms with Crippen LogP contribution in [0.1, 0.15) is 11.6 Å². The zero-order valence-electron chi connectivity index (χ0n) is 10.4. The minimum atomic E-state index is 0.0260. The van der Waals surface area contributed by atoms with Crippen LogP contribution in [0.5, 0.6) is 11.5 Å². The maximum atomic E-state index is 5.77. The van der Waals surface area contributed by atoms with Gasteiger partial charge in [-0.1, -0.05) is 6.08 Å². The van der Waals surface area contributed by atoms with Gasteiger partial charge in [0.25, 0.3) is 0 Å². The normalized spacial score (nSPS) is 11.9. The second-order valence-electron chi connectivity index (χ2n) is 3.59. The van der Waals surface area contributed by atoms with Gasteiger partial charge in [0.2, 0.25) is 0 Å². The Morgan fingerprint density at radius 3 is 2.71 bits per heavy atom. The molecule has 3 N–H and O–H groups in total. The Hall–Kier alpha value is -1.52. The summed E-state index contributed by atoms with van der Waals surface area (Å²) in [5.41, 5.74) is 6.76. The molecule has 4 heteroatoms. The number of benzene rings is 1. The Morgan fingerprint density at radius 2 is 2.18 bits per heavy atom. The van der Waals surface area contributed by atoms with E-state index in [4.69, 9.17) is 15.2 Å². The van der Waals surface area contributed by atoms with Gasteiger partial charge >= 0.3 is 0 Å². The van der Waals surface area contributed by atoms with Gasteiger partial charge in [0.15, 0.2) is 0 Å². The molecular weight excluding hydrogens is 216 g/mol. The van der Waals surface area contributed by atoms with Crippen LogP contribution in [0.25, 0.3) is 0 Å². The molecule has 0 heterocycles. The van der Waals surface area contributed by atoms with E-state index < -0.39 is 0 Å². The van der Waals surface area contributed by atoms with E-state index >= 15 is 0 Å². The number of hydrogen-bond donors (Lipinski definition) is 2. The van der Waals surface area contributed by atoms with E-state index in [-0.39, 0.29) is 6.04 Å². The maximum Gasteiger partial charge on any atom is 0.123 e. The minimum absolute atomic E-state index is 0.0260. The second kappa shape index (κ2) is 6.93. The lowest BCUT2D eigenvalue weighted by Crippen LogP contribution is -2.28. The van der Waals surface area contributed by atoms with Gasteiger partial charge in [-0.2, -0.15) is 0 Å². The summed E-state index contributed by atoms with van der Waals surface area (Å²) in [7, 11) is 3.28. The van der Waals surface area contributed by atoms with Crippen molar-refractivity contribution in [2.75, 3.05) is 27.3 Å². The lowest BCUT2D eigenvalue weighted by Gasteiger charge is -2.19. The van der Waals surface area contributed by atoms with Crippen molar-refractivity contribution in [1.82, 2.24) is 5.32 Å². The van der Waals surface area contributed by atoms with Gasteiger partial charge in [-0.25, -0.2) is 0 Å². The molecule has 0 saturated carbocycles.